The standard InChI is InChI=1S/C26H23FN6O2/c27-20-10-21-17(8-18(20)14-29-13-16-4-3-5-16)9-19(23(12-28)31-21)15-30-26(35)22-11-25(34)33-7-2-1-6-24(33)32-22/h1-2,6-11,16,29H,3-5,13-15H2,(H,30,35). The lowest BCUT2D eigenvalue weighted by Gasteiger charge is -2.25. The highest BCUT2D eigenvalue weighted by Gasteiger charge is 2.17. The number of nitrogens with zero attached hydrogens (tertiary/aromatic N) is 4. The van der Waals surface area contributed by atoms with Crippen molar-refractivity contribution in [2.24, 2.45) is 5.92 Å². The third-order valence-corrected chi connectivity index (χ3v) is 6.38. The van der Waals surface area contributed by atoms with Crippen molar-refractivity contribution in [1.82, 2.24) is 25.0 Å². The SMILES string of the molecule is N#Cc1nc2cc(F)c(CNCC3CCC3)cc2cc1CNC(=O)c1cc(=O)n2ccccc2n1. The van der Waals surface area contributed by atoms with Crippen molar-refractivity contribution in [2.75, 3.05) is 6.54 Å². The molecule has 3 heterocycles. The first-order chi connectivity index (χ1) is 17.0. The molecule has 1 fully saturated rings. The molecule has 3 aromatic heterocycles. The Hall–Kier alpha value is -4.16. The van der Waals surface area contributed by atoms with Gasteiger partial charge in [0.2, 0.25) is 0 Å². The van der Waals surface area contributed by atoms with Gasteiger partial charge < -0.3 is 10.6 Å². The molecule has 176 valence electrons. The lowest BCUT2D eigenvalue weighted by Crippen LogP contribution is -2.27. The molecule has 1 aromatic carbocycles. The first kappa shape index (κ1) is 22.6. The van der Waals surface area contributed by atoms with Gasteiger partial charge in [0.15, 0.2) is 0 Å². The van der Waals surface area contributed by atoms with Crippen LogP contribution in [0, 0.1) is 23.1 Å². The third-order valence-electron chi connectivity index (χ3n) is 6.38. The van der Waals surface area contributed by atoms with E-state index in [0.29, 0.717) is 40.1 Å². The number of pyridine rings is 2. The second-order valence-electron chi connectivity index (χ2n) is 8.76. The van der Waals surface area contributed by atoms with Gasteiger partial charge in [-0.25, -0.2) is 14.4 Å². The highest BCUT2D eigenvalue weighted by molar-refractivity contribution is 5.92. The van der Waals surface area contributed by atoms with E-state index in [-0.39, 0.29) is 29.3 Å². The summed E-state index contributed by atoms with van der Waals surface area (Å²) in [4.78, 5) is 33.5. The van der Waals surface area contributed by atoms with Crippen molar-refractivity contribution in [1.29, 1.82) is 5.26 Å². The van der Waals surface area contributed by atoms with Crippen LogP contribution in [0.3, 0.4) is 0 Å². The zero-order chi connectivity index (χ0) is 24.4. The van der Waals surface area contributed by atoms with Crippen molar-refractivity contribution in [3.8, 4) is 6.07 Å². The van der Waals surface area contributed by atoms with Gasteiger partial charge in [-0.15, -0.1) is 0 Å². The summed E-state index contributed by atoms with van der Waals surface area (Å²) in [6, 6.07) is 13.0. The lowest BCUT2D eigenvalue weighted by molar-refractivity contribution is 0.0946. The molecule has 9 heteroatoms. The fraction of sp³-hybridized carbons (Fsp3) is 0.269. The van der Waals surface area contributed by atoms with Gasteiger partial charge in [0.25, 0.3) is 11.5 Å². The number of nitrogens with one attached hydrogen (secondary N) is 2. The van der Waals surface area contributed by atoms with Crippen LogP contribution in [0.15, 0.2) is 53.5 Å². The zero-order valence-electron chi connectivity index (χ0n) is 18.9. The van der Waals surface area contributed by atoms with Gasteiger partial charge in [0.05, 0.1) is 5.52 Å². The minimum atomic E-state index is -0.544. The Morgan fingerprint density at radius 1 is 1.14 bits per heavy atom. The summed E-state index contributed by atoms with van der Waals surface area (Å²) < 4.78 is 16.0. The van der Waals surface area contributed by atoms with Crippen molar-refractivity contribution >= 4 is 22.5 Å². The van der Waals surface area contributed by atoms with E-state index in [2.05, 4.69) is 20.6 Å². The number of nitriles is 1. The molecule has 8 nitrogen and oxygen atoms in total. The fourth-order valence-electron chi connectivity index (χ4n) is 4.20. The number of halogens is 1. The van der Waals surface area contributed by atoms with Crippen LogP contribution in [0.1, 0.15) is 46.6 Å². The van der Waals surface area contributed by atoms with Crippen LogP contribution >= 0.6 is 0 Å². The molecule has 0 radical (unpaired) electrons. The van der Waals surface area contributed by atoms with E-state index in [9.17, 15) is 19.2 Å². The summed E-state index contributed by atoms with van der Waals surface area (Å²) in [5, 5.41) is 16.3. The van der Waals surface area contributed by atoms with Gasteiger partial charge in [-0.05, 0) is 49.6 Å². The van der Waals surface area contributed by atoms with Crippen molar-refractivity contribution in [2.45, 2.75) is 32.4 Å². The number of amides is 1. The molecule has 35 heavy (non-hydrogen) atoms. The summed E-state index contributed by atoms with van der Waals surface area (Å²) in [7, 11) is 0. The number of hydrogen-bond acceptors (Lipinski definition) is 6. The molecular weight excluding hydrogens is 447 g/mol. The van der Waals surface area contributed by atoms with Crippen LogP contribution in [0.5, 0.6) is 0 Å². The molecule has 0 aliphatic heterocycles. The second-order valence-corrected chi connectivity index (χ2v) is 8.76. The molecule has 0 saturated heterocycles. The number of benzene rings is 1. The molecule has 5 rings (SSSR count). The molecule has 4 aromatic rings. The molecule has 1 aliphatic carbocycles. The van der Waals surface area contributed by atoms with E-state index in [1.54, 1.807) is 36.5 Å². The summed E-state index contributed by atoms with van der Waals surface area (Å²) in [6.07, 6.45) is 5.27. The van der Waals surface area contributed by atoms with Gasteiger partial charge >= 0.3 is 0 Å². The topological polar surface area (TPSA) is 112 Å². The maximum Gasteiger partial charge on any atom is 0.270 e. The van der Waals surface area contributed by atoms with E-state index in [1.807, 2.05) is 6.07 Å². The summed E-state index contributed by atoms with van der Waals surface area (Å²) >= 11 is 0. The number of fused-ring (bicyclic) bond motifs is 2. The van der Waals surface area contributed by atoms with Gasteiger partial charge in [0.1, 0.15) is 28.9 Å². The molecule has 0 bridgehead atoms. The minimum absolute atomic E-state index is 0.00709. The van der Waals surface area contributed by atoms with Crippen molar-refractivity contribution in [3.05, 3.63) is 87.3 Å². The van der Waals surface area contributed by atoms with Crippen LogP contribution in [-0.4, -0.2) is 26.8 Å². The molecule has 2 N–H and O–H groups in total. The first-order valence-corrected chi connectivity index (χ1v) is 11.5. The third kappa shape index (κ3) is 4.74. The minimum Gasteiger partial charge on any atom is -0.347 e. The maximum absolute atomic E-state index is 14.6. The number of carbonyl (C=O) groups excluding carboxylic acids is 1. The normalized spacial score (nSPS) is 13.5. The van der Waals surface area contributed by atoms with Gasteiger partial charge in [-0.2, -0.15) is 5.26 Å². The number of carbonyl (C=O) groups is 1. The molecule has 1 aliphatic rings. The summed E-state index contributed by atoms with van der Waals surface area (Å²) in [6.45, 7) is 1.29. The number of aromatic nitrogens is 3. The number of hydrogen-bond donors (Lipinski definition) is 2. The number of rotatable bonds is 7. The zero-order valence-corrected chi connectivity index (χ0v) is 18.9. The Morgan fingerprint density at radius 3 is 2.74 bits per heavy atom. The van der Waals surface area contributed by atoms with Crippen LogP contribution in [0.25, 0.3) is 16.6 Å². The van der Waals surface area contributed by atoms with Crippen LogP contribution in [0.2, 0.25) is 0 Å². The van der Waals surface area contributed by atoms with E-state index < -0.39 is 5.91 Å². The average Bonchev–Trinajstić information content (AvgIpc) is 2.83. The van der Waals surface area contributed by atoms with Crippen molar-refractivity contribution < 1.29 is 9.18 Å². The summed E-state index contributed by atoms with van der Waals surface area (Å²) in [5.74, 6) is -0.246. The quantitative estimate of drug-likeness (QED) is 0.429. The Labute approximate surface area is 200 Å². The summed E-state index contributed by atoms with van der Waals surface area (Å²) in [5.41, 5.74) is 1.46. The highest BCUT2D eigenvalue weighted by atomic mass is 19.1. The Kier molecular flexibility index (Phi) is 6.21. The molecule has 1 saturated carbocycles. The van der Waals surface area contributed by atoms with Crippen LogP contribution in [-0.2, 0) is 13.1 Å². The van der Waals surface area contributed by atoms with Crippen molar-refractivity contribution in [3.63, 3.8) is 0 Å². The molecule has 0 atom stereocenters. The van der Waals surface area contributed by atoms with E-state index in [4.69, 9.17) is 0 Å². The predicted octanol–water partition coefficient (Wildman–Crippen LogP) is 3.07. The molecule has 1 amide bonds. The average molecular weight is 471 g/mol. The fourth-order valence-corrected chi connectivity index (χ4v) is 4.20. The second kappa shape index (κ2) is 9.60. The maximum atomic E-state index is 14.6. The monoisotopic (exact) mass is 470 g/mol. The van der Waals surface area contributed by atoms with Gasteiger partial charge in [-0.1, -0.05) is 12.5 Å². The molecule has 0 spiro atoms. The Morgan fingerprint density at radius 2 is 1.97 bits per heavy atom. The molecular formula is C26H23FN6O2. The highest BCUT2D eigenvalue weighted by Crippen LogP contribution is 2.26. The van der Waals surface area contributed by atoms with Crippen LogP contribution in [0.4, 0.5) is 4.39 Å². The largest absolute Gasteiger partial charge is 0.347 e. The van der Waals surface area contributed by atoms with Crippen LogP contribution < -0.4 is 16.2 Å². The molecule has 0 unspecified atom stereocenters. The van der Waals surface area contributed by atoms with Gasteiger partial charge in [-0.3, -0.25) is 14.0 Å². The Bertz CT molecular complexity index is 1540. The van der Waals surface area contributed by atoms with E-state index >= 15 is 0 Å². The predicted molar refractivity (Wildman–Crippen MR) is 128 cm³/mol. The Balaban J connectivity index is 1.35. The lowest BCUT2D eigenvalue weighted by atomic mass is 9.85. The van der Waals surface area contributed by atoms with E-state index in [0.717, 1.165) is 12.6 Å². The van der Waals surface area contributed by atoms with E-state index in [1.165, 1.54) is 29.7 Å². The van der Waals surface area contributed by atoms with Gasteiger partial charge in [0, 0.05) is 47.9 Å². The smallest absolute Gasteiger partial charge is 0.270 e. The first-order valence-electron chi connectivity index (χ1n) is 11.5.